The average molecular weight is 338 g/mol. The minimum Gasteiger partial charge on any atom is -0.312 e. The lowest BCUT2D eigenvalue weighted by Crippen LogP contribution is -2.31. The fraction of sp³-hybridized carbons (Fsp3) is 0.286. The van der Waals surface area contributed by atoms with Gasteiger partial charge in [0.05, 0.1) is 12.2 Å². The van der Waals surface area contributed by atoms with Crippen LogP contribution in [0.1, 0.15) is 16.8 Å². The Bertz CT molecular complexity index is 694. The summed E-state index contributed by atoms with van der Waals surface area (Å²) in [4.78, 5) is 12.0. The molecule has 1 aromatic carbocycles. The predicted octanol–water partition coefficient (Wildman–Crippen LogP) is 1.84. The van der Waals surface area contributed by atoms with Crippen molar-refractivity contribution in [2.45, 2.75) is 19.5 Å². The van der Waals surface area contributed by atoms with Crippen LogP contribution in [0.5, 0.6) is 0 Å². The highest BCUT2D eigenvalue weighted by molar-refractivity contribution is 9.10. The summed E-state index contributed by atoms with van der Waals surface area (Å²) >= 11 is 3.25. The Morgan fingerprint density at radius 2 is 2.20 bits per heavy atom. The summed E-state index contributed by atoms with van der Waals surface area (Å²) in [6, 6.07) is 6.21. The van der Waals surface area contributed by atoms with Gasteiger partial charge in [-0.1, -0.05) is 15.9 Å². The molecule has 2 aromatic rings. The topological polar surface area (TPSA) is 46.9 Å². The quantitative estimate of drug-likeness (QED) is 0.909. The van der Waals surface area contributed by atoms with Crippen molar-refractivity contribution in [2.24, 2.45) is 0 Å². The second kappa shape index (κ2) is 5.46. The highest BCUT2D eigenvalue weighted by Gasteiger charge is 2.13. The molecule has 0 radical (unpaired) electrons. The molecule has 0 aliphatic carbocycles. The SMILES string of the molecule is O=c1cc2c(nn1Cc1cc(F)cc(Br)c1)CCNC2. The van der Waals surface area contributed by atoms with Crippen molar-refractivity contribution < 1.29 is 4.39 Å². The van der Waals surface area contributed by atoms with Crippen molar-refractivity contribution in [3.63, 3.8) is 0 Å². The number of hydrogen-bond donors (Lipinski definition) is 1. The van der Waals surface area contributed by atoms with E-state index in [-0.39, 0.29) is 17.9 Å². The fourth-order valence-electron chi connectivity index (χ4n) is 2.35. The molecule has 0 fully saturated rings. The molecule has 1 aromatic heterocycles. The summed E-state index contributed by atoms with van der Waals surface area (Å²) in [5, 5.41) is 7.60. The maximum Gasteiger partial charge on any atom is 0.267 e. The van der Waals surface area contributed by atoms with Gasteiger partial charge in [-0.2, -0.15) is 5.10 Å². The third kappa shape index (κ3) is 2.81. The van der Waals surface area contributed by atoms with Crippen molar-refractivity contribution >= 4 is 15.9 Å². The molecule has 0 amide bonds. The van der Waals surface area contributed by atoms with Gasteiger partial charge in [0, 0.05) is 30.0 Å². The van der Waals surface area contributed by atoms with Crippen LogP contribution in [0.2, 0.25) is 0 Å². The zero-order chi connectivity index (χ0) is 14.1. The monoisotopic (exact) mass is 337 g/mol. The first-order valence-corrected chi connectivity index (χ1v) is 7.17. The summed E-state index contributed by atoms with van der Waals surface area (Å²) < 4.78 is 15.4. The van der Waals surface area contributed by atoms with E-state index >= 15 is 0 Å². The molecule has 104 valence electrons. The van der Waals surface area contributed by atoms with Gasteiger partial charge in [-0.05, 0) is 29.3 Å². The van der Waals surface area contributed by atoms with Gasteiger partial charge >= 0.3 is 0 Å². The van der Waals surface area contributed by atoms with E-state index in [1.54, 1.807) is 12.1 Å². The number of aromatic nitrogens is 2. The van der Waals surface area contributed by atoms with Crippen LogP contribution < -0.4 is 10.9 Å². The average Bonchev–Trinajstić information content (AvgIpc) is 2.38. The lowest BCUT2D eigenvalue weighted by atomic mass is 10.1. The molecule has 0 spiro atoms. The standard InChI is InChI=1S/C14H13BrFN3O/c15-11-3-9(4-12(16)6-11)8-19-14(20)5-10-7-17-2-1-13(10)18-19/h3-6,17H,1-2,7-8H2. The first-order valence-electron chi connectivity index (χ1n) is 6.37. The van der Waals surface area contributed by atoms with E-state index < -0.39 is 0 Å². The van der Waals surface area contributed by atoms with Gasteiger partial charge in [-0.15, -0.1) is 0 Å². The molecule has 0 unspecified atom stereocenters. The van der Waals surface area contributed by atoms with Crippen LogP contribution >= 0.6 is 15.9 Å². The van der Waals surface area contributed by atoms with Crippen molar-refractivity contribution in [1.82, 2.24) is 15.1 Å². The van der Waals surface area contributed by atoms with Gasteiger partial charge in [0.15, 0.2) is 0 Å². The smallest absolute Gasteiger partial charge is 0.267 e. The number of hydrogen-bond acceptors (Lipinski definition) is 3. The molecule has 0 saturated carbocycles. The van der Waals surface area contributed by atoms with Crippen molar-refractivity contribution in [3.8, 4) is 0 Å². The first-order chi connectivity index (χ1) is 9.61. The van der Waals surface area contributed by atoms with Gasteiger partial charge in [-0.25, -0.2) is 9.07 Å². The lowest BCUT2D eigenvalue weighted by Gasteiger charge is -2.17. The zero-order valence-electron chi connectivity index (χ0n) is 10.7. The van der Waals surface area contributed by atoms with Gasteiger partial charge in [-0.3, -0.25) is 4.79 Å². The van der Waals surface area contributed by atoms with Crippen molar-refractivity contribution in [3.05, 3.63) is 61.7 Å². The van der Waals surface area contributed by atoms with Crippen LogP contribution in [0.15, 0.2) is 33.5 Å². The molecule has 1 aliphatic rings. The summed E-state index contributed by atoms with van der Waals surface area (Å²) in [6.45, 7) is 1.82. The number of rotatable bonds is 2. The molecular weight excluding hydrogens is 325 g/mol. The second-order valence-corrected chi connectivity index (χ2v) is 5.73. The molecule has 2 heterocycles. The van der Waals surface area contributed by atoms with Crippen molar-refractivity contribution in [2.75, 3.05) is 6.54 Å². The van der Waals surface area contributed by atoms with E-state index in [4.69, 9.17) is 0 Å². The Morgan fingerprint density at radius 1 is 1.35 bits per heavy atom. The highest BCUT2D eigenvalue weighted by Crippen LogP contribution is 2.15. The summed E-state index contributed by atoms with van der Waals surface area (Å²) in [7, 11) is 0. The number of benzene rings is 1. The minimum absolute atomic E-state index is 0.159. The third-order valence-corrected chi connectivity index (χ3v) is 3.73. The van der Waals surface area contributed by atoms with Gasteiger partial charge in [0.1, 0.15) is 5.82 Å². The number of fused-ring (bicyclic) bond motifs is 1. The minimum atomic E-state index is -0.329. The Morgan fingerprint density at radius 3 is 3.00 bits per heavy atom. The molecule has 1 N–H and O–H groups in total. The first kappa shape index (κ1) is 13.5. The Hall–Kier alpha value is -1.53. The Balaban J connectivity index is 1.96. The molecule has 0 atom stereocenters. The summed E-state index contributed by atoms with van der Waals surface area (Å²) in [5.41, 5.74) is 2.45. The molecule has 6 heteroatoms. The molecule has 0 bridgehead atoms. The van der Waals surface area contributed by atoms with Gasteiger partial charge in [0.25, 0.3) is 5.56 Å². The molecule has 1 aliphatic heterocycles. The third-order valence-electron chi connectivity index (χ3n) is 3.27. The molecule has 20 heavy (non-hydrogen) atoms. The normalized spacial score (nSPS) is 14.1. The lowest BCUT2D eigenvalue weighted by molar-refractivity contribution is 0.559. The molecule has 3 rings (SSSR count). The van der Waals surface area contributed by atoms with E-state index in [9.17, 15) is 9.18 Å². The van der Waals surface area contributed by atoms with Crippen molar-refractivity contribution in [1.29, 1.82) is 0 Å². The molecule has 0 saturated heterocycles. The van der Waals surface area contributed by atoms with Crippen LogP contribution in [0.4, 0.5) is 4.39 Å². The van der Waals surface area contributed by atoms with Crippen LogP contribution in [-0.4, -0.2) is 16.3 Å². The number of halogens is 2. The van der Waals surface area contributed by atoms with Gasteiger partial charge < -0.3 is 5.32 Å². The largest absolute Gasteiger partial charge is 0.312 e. The highest BCUT2D eigenvalue weighted by atomic mass is 79.9. The van der Waals surface area contributed by atoms with E-state index in [0.717, 1.165) is 24.2 Å². The maximum absolute atomic E-state index is 13.4. The van der Waals surface area contributed by atoms with Crippen LogP contribution in [0.3, 0.4) is 0 Å². The van der Waals surface area contributed by atoms with E-state index in [1.807, 2.05) is 0 Å². The van der Waals surface area contributed by atoms with E-state index in [2.05, 4.69) is 26.3 Å². The number of nitrogens with zero attached hydrogens (tertiary/aromatic N) is 2. The number of nitrogens with one attached hydrogen (secondary N) is 1. The Labute approximate surface area is 123 Å². The predicted molar refractivity (Wildman–Crippen MR) is 77.1 cm³/mol. The van der Waals surface area contributed by atoms with Gasteiger partial charge in [0.2, 0.25) is 0 Å². The van der Waals surface area contributed by atoms with Crippen LogP contribution in [0.25, 0.3) is 0 Å². The van der Waals surface area contributed by atoms with Crippen LogP contribution in [0, 0.1) is 5.82 Å². The second-order valence-electron chi connectivity index (χ2n) is 4.82. The Kier molecular flexibility index (Phi) is 3.67. The molecule has 4 nitrogen and oxygen atoms in total. The summed E-state index contributed by atoms with van der Waals surface area (Å²) in [6.07, 6.45) is 0.808. The zero-order valence-corrected chi connectivity index (χ0v) is 12.3. The summed E-state index contributed by atoms with van der Waals surface area (Å²) in [5.74, 6) is -0.329. The van der Waals surface area contributed by atoms with Crippen LogP contribution in [-0.2, 0) is 19.5 Å². The maximum atomic E-state index is 13.4. The van der Waals surface area contributed by atoms with E-state index in [0.29, 0.717) is 16.6 Å². The van der Waals surface area contributed by atoms with E-state index in [1.165, 1.54) is 16.8 Å². The molecular formula is C14H13BrFN3O. The fourth-order valence-corrected chi connectivity index (χ4v) is 2.86.